The standard InChI is InChI=1S/C17H19FN6O/c1-2-3-9-8-22-17(20)24-14(9)15-12(25)5-4-11(23-15)10-6-7-21-16(19)13(10)18/h4-9,14,25H,2-3H2,1H3,(H2,19,21)(H2,20,24). The molecule has 3 heterocycles. The van der Waals surface area contributed by atoms with Crippen LogP contribution in [0.3, 0.4) is 0 Å². The van der Waals surface area contributed by atoms with E-state index >= 15 is 0 Å². The number of anilines is 1. The molecule has 1 aliphatic rings. The van der Waals surface area contributed by atoms with Crippen LogP contribution in [0.25, 0.3) is 11.3 Å². The minimum Gasteiger partial charge on any atom is -0.506 e. The molecule has 0 saturated carbocycles. The fourth-order valence-electron chi connectivity index (χ4n) is 2.85. The first-order chi connectivity index (χ1) is 12.0. The van der Waals surface area contributed by atoms with Crippen LogP contribution in [0.5, 0.6) is 5.75 Å². The summed E-state index contributed by atoms with van der Waals surface area (Å²) in [5, 5.41) is 10.3. The lowest BCUT2D eigenvalue weighted by Gasteiger charge is -2.24. The summed E-state index contributed by atoms with van der Waals surface area (Å²) >= 11 is 0. The topological polar surface area (TPSA) is 123 Å². The van der Waals surface area contributed by atoms with Crippen molar-refractivity contribution in [1.82, 2.24) is 9.97 Å². The number of rotatable bonds is 4. The van der Waals surface area contributed by atoms with Crippen molar-refractivity contribution < 1.29 is 9.50 Å². The van der Waals surface area contributed by atoms with Gasteiger partial charge in [0.05, 0.1) is 5.69 Å². The molecule has 2 aromatic heterocycles. The lowest BCUT2D eigenvalue weighted by atomic mass is 9.92. The monoisotopic (exact) mass is 342 g/mol. The van der Waals surface area contributed by atoms with Crippen LogP contribution in [0.1, 0.15) is 31.5 Å². The van der Waals surface area contributed by atoms with Gasteiger partial charge >= 0.3 is 0 Å². The number of hydrogen-bond donors (Lipinski definition) is 3. The predicted molar refractivity (Wildman–Crippen MR) is 94.8 cm³/mol. The summed E-state index contributed by atoms with van der Waals surface area (Å²) < 4.78 is 14.3. The van der Waals surface area contributed by atoms with Gasteiger partial charge in [-0.3, -0.25) is 0 Å². The highest BCUT2D eigenvalue weighted by molar-refractivity contribution is 5.89. The molecule has 3 rings (SSSR count). The number of pyridine rings is 2. The van der Waals surface area contributed by atoms with E-state index in [1.807, 2.05) is 6.92 Å². The molecule has 25 heavy (non-hydrogen) atoms. The Morgan fingerprint density at radius 2 is 2.04 bits per heavy atom. The number of nitrogen functional groups attached to an aromatic ring is 1. The molecule has 0 fully saturated rings. The highest BCUT2D eigenvalue weighted by Crippen LogP contribution is 2.36. The summed E-state index contributed by atoms with van der Waals surface area (Å²) in [7, 11) is 0. The normalized spacial score (nSPS) is 19.7. The van der Waals surface area contributed by atoms with E-state index in [1.165, 1.54) is 24.4 Å². The lowest BCUT2D eigenvalue weighted by molar-refractivity contribution is 0.434. The van der Waals surface area contributed by atoms with Crippen LogP contribution in [0.2, 0.25) is 0 Å². The number of aliphatic imine (C=N–C) groups is 2. The van der Waals surface area contributed by atoms with Crippen molar-refractivity contribution in [1.29, 1.82) is 0 Å². The van der Waals surface area contributed by atoms with Gasteiger partial charge in [0.15, 0.2) is 11.6 Å². The Kier molecular flexibility index (Phi) is 4.60. The van der Waals surface area contributed by atoms with Gasteiger partial charge in [0.2, 0.25) is 5.96 Å². The lowest BCUT2D eigenvalue weighted by Crippen LogP contribution is -2.24. The van der Waals surface area contributed by atoms with Crippen molar-refractivity contribution >= 4 is 18.0 Å². The van der Waals surface area contributed by atoms with Crippen LogP contribution >= 0.6 is 0 Å². The van der Waals surface area contributed by atoms with Gasteiger partial charge in [-0.25, -0.2) is 24.3 Å². The van der Waals surface area contributed by atoms with Crippen LogP contribution in [0, 0.1) is 11.7 Å². The average molecular weight is 342 g/mol. The van der Waals surface area contributed by atoms with Crippen LogP contribution in [-0.2, 0) is 0 Å². The van der Waals surface area contributed by atoms with E-state index in [-0.39, 0.29) is 29.0 Å². The van der Waals surface area contributed by atoms with Crippen molar-refractivity contribution in [3.63, 3.8) is 0 Å². The number of aromatic hydroxyl groups is 1. The molecular weight excluding hydrogens is 323 g/mol. The van der Waals surface area contributed by atoms with E-state index < -0.39 is 11.9 Å². The van der Waals surface area contributed by atoms with E-state index in [0.717, 1.165) is 12.8 Å². The third-order valence-electron chi connectivity index (χ3n) is 4.07. The second-order valence-electron chi connectivity index (χ2n) is 5.82. The molecule has 8 heteroatoms. The number of aromatic nitrogens is 2. The second-order valence-corrected chi connectivity index (χ2v) is 5.82. The minimum absolute atomic E-state index is 0.0239. The molecule has 7 nitrogen and oxygen atoms in total. The van der Waals surface area contributed by atoms with Crippen LogP contribution in [0.4, 0.5) is 10.2 Å². The van der Waals surface area contributed by atoms with Crippen molar-refractivity contribution in [3.05, 3.63) is 35.9 Å². The van der Waals surface area contributed by atoms with Crippen molar-refractivity contribution in [2.75, 3.05) is 5.73 Å². The summed E-state index contributed by atoms with van der Waals surface area (Å²) in [6.45, 7) is 2.05. The largest absolute Gasteiger partial charge is 0.506 e. The maximum atomic E-state index is 14.3. The Labute approximate surface area is 144 Å². The molecular formula is C17H19FN6O. The summed E-state index contributed by atoms with van der Waals surface area (Å²) in [6, 6.07) is 4.00. The number of guanidine groups is 1. The summed E-state index contributed by atoms with van der Waals surface area (Å²) in [4.78, 5) is 16.5. The molecule has 0 amide bonds. The average Bonchev–Trinajstić information content (AvgIpc) is 2.60. The SMILES string of the molecule is CCCC1C=NC(N)=NC1c1nc(-c2ccnc(N)c2F)ccc1O. The third kappa shape index (κ3) is 3.28. The van der Waals surface area contributed by atoms with Crippen LogP contribution in [0.15, 0.2) is 34.4 Å². The molecule has 0 radical (unpaired) electrons. The Bertz CT molecular complexity index is 851. The van der Waals surface area contributed by atoms with Crippen LogP contribution in [-0.4, -0.2) is 27.2 Å². The van der Waals surface area contributed by atoms with E-state index in [4.69, 9.17) is 11.5 Å². The molecule has 2 aromatic rings. The molecule has 2 unspecified atom stereocenters. The first kappa shape index (κ1) is 16.8. The Morgan fingerprint density at radius 1 is 1.24 bits per heavy atom. The maximum absolute atomic E-state index is 14.3. The first-order valence-corrected chi connectivity index (χ1v) is 7.99. The maximum Gasteiger partial charge on any atom is 0.215 e. The van der Waals surface area contributed by atoms with Gasteiger partial charge < -0.3 is 16.6 Å². The Hall–Kier alpha value is -3.03. The van der Waals surface area contributed by atoms with E-state index in [0.29, 0.717) is 11.4 Å². The third-order valence-corrected chi connectivity index (χ3v) is 4.07. The Morgan fingerprint density at radius 3 is 2.80 bits per heavy atom. The van der Waals surface area contributed by atoms with Gasteiger partial charge in [-0.15, -0.1) is 0 Å². The van der Waals surface area contributed by atoms with E-state index in [1.54, 1.807) is 6.21 Å². The number of halogens is 1. The van der Waals surface area contributed by atoms with E-state index in [2.05, 4.69) is 20.0 Å². The summed E-state index contributed by atoms with van der Waals surface area (Å²) in [6.07, 6.45) is 4.87. The highest BCUT2D eigenvalue weighted by Gasteiger charge is 2.28. The predicted octanol–water partition coefficient (Wildman–Crippen LogP) is 2.43. The fraction of sp³-hybridized carbons (Fsp3) is 0.294. The smallest absolute Gasteiger partial charge is 0.215 e. The van der Waals surface area contributed by atoms with Gasteiger partial charge in [-0.1, -0.05) is 13.3 Å². The molecule has 130 valence electrons. The first-order valence-electron chi connectivity index (χ1n) is 7.99. The van der Waals surface area contributed by atoms with Crippen molar-refractivity contribution in [3.8, 4) is 17.0 Å². The molecule has 0 saturated heterocycles. The highest BCUT2D eigenvalue weighted by atomic mass is 19.1. The van der Waals surface area contributed by atoms with Crippen molar-refractivity contribution in [2.45, 2.75) is 25.8 Å². The fourth-order valence-corrected chi connectivity index (χ4v) is 2.85. The number of hydrogen-bond acceptors (Lipinski definition) is 7. The summed E-state index contributed by atoms with van der Waals surface area (Å²) in [5.41, 5.74) is 12.1. The summed E-state index contributed by atoms with van der Waals surface area (Å²) in [5.74, 6) is -0.791. The van der Waals surface area contributed by atoms with Gasteiger partial charge in [0, 0.05) is 23.9 Å². The molecule has 0 spiro atoms. The number of nitrogens with zero attached hydrogens (tertiary/aromatic N) is 4. The molecule has 0 aromatic carbocycles. The van der Waals surface area contributed by atoms with Gasteiger partial charge in [0.25, 0.3) is 0 Å². The zero-order valence-corrected chi connectivity index (χ0v) is 13.7. The molecule has 5 N–H and O–H groups in total. The second kappa shape index (κ2) is 6.84. The van der Waals surface area contributed by atoms with Gasteiger partial charge in [-0.05, 0) is 24.6 Å². The molecule has 2 atom stereocenters. The number of nitrogens with two attached hydrogens (primary N) is 2. The molecule has 1 aliphatic heterocycles. The zero-order chi connectivity index (χ0) is 18.0. The zero-order valence-electron chi connectivity index (χ0n) is 13.7. The minimum atomic E-state index is -0.648. The molecule has 0 aliphatic carbocycles. The van der Waals surface area contributed by atoms with Crippen molar-refractivity contribution in [2.24, 2.45) is 21.6 Å². The van der Waals surface area contributed by atoms with Gasteiger partial charge in [0.1, 0.15) is 17.5 Å². The molecule has 0 bridgehead atoms. The quantitative estimate of drug-likeness (QED) is 0.787. The van der Waals surface area contributed by atoms with E-state index in [9.17, 15) is 9.50 Å². The van der Waals surface area contributed by atoms with Gasteiger partial charge in [-0.2, -0.15) is 0 Å². The Balaban J connectivity index is 2.08. The van der Waals surface area contributed by atoms with Crippen LogP contribution < -0.4 is 11.5 Å².